The second-order valence-corrected chi connectivity index (χ2v) is 6.08. The highest BCUT2D eigenvalue weighted by molar-refractivity contribution is 5.79. The van der Waals surface area contributed by atoms with Gasteiger partial charge in [0.1, 0.15) is 0 Å². The van der Waals surface area contributed by atoms with E-state index >= 15 is 0 Å². The Balaban J connectivity index is 2.10. The van der Waals surface area contributed by atoms with E-state index in [1.165, 1.54) is 26.1 Å². The lowest BCUT2D eigenvalue weighted by atomic mass is 10.1. The Labute approximate surface area is 136 Å². The van der Waals surface area contributed by atoms with Crippen molar-refractivity contribution >= 4 is 5.96 Å². The van der Waals surface area contributed by atoms with E-state index in [0.717, 1.165) is 51.1 Å². The molecule has 0 radical (unpaired) electrons. The molecule has 1 aliphatic rings. The summed E-state index contributed by atoms with van der Waals surface area (Å²) in [6, 6.07) is 0. The van der Waals surface area contributed by atoms with Gasteiger partial charge >= 0.3 is 0 Å². The van der Waals surface area contributed by atoms with E-state index in [0.29, 0.717) is 0 Å². The quantitative estimate of drug-likeness (QED) is 0.349. The van der Waals surface area contributed by atoms with E-state index in [-0.39, 0.29) is 0 Å². The van der Waals surface area contributed by atoms with Crippen LogP contribution in [0.5, 0.6) is 0 Å². The van der Waals surface area contributed by atoms with Crippen molar-refractivity contribution < 1.29 is 4.74 Å². The number of likely N-dealkylation sites (N-methyl/N-ethyl adjacent to an activating group) is 1. The van der Waals surface area contributed by atoms with Gasteiger partial charge in [-0.3, -0.25) is 4.99 Å². The molecule has 1 atom stereocenters. The Morgan fingerprint density at radius 1 is 1.36 bits per heavy atom. The van der Waals surface area contributed by atoms with E-state index in [4.69, 9.17) is 4.74 Å². The summed E-state index contributed by atoms with van der Waals surface area (Å²) < 4.78 is 5.07. The topological polar surface area (TPSA) is 52.1 Å². The van der Waals surface area contributed by atoms with Crippen LogP contribution in [0.25, 0.3) is 0 Å². The van der Waals surface area contributed by atoms with Crippen molar-refractivity contribution in [2.75, 3.05) is 73.6 Å². The van der Waals surface area contributed by atoms with Gasteiger partial charge in [-0.1, -0.05) is 6.92 Å². The summed E-state index contributed by atoms with van der Waals surface area (Å²) >= 11 is 0. The van der Waals surface area contributed by atoms with E-state index in [1.807, 2.05) is 7.05 Å². The maximum Gasteiger partial charge on any atom is 0.191 e. The average Bonchev–Trinajstić information content (AvgIpc) is 2.99. The lowest BCUT2D eigenvalue weighted by Crippen LogP contribution is -2.43. The van der Waals surface area contributed by atoms with E-state index < -0.39 is 0 Å². The first-order valence-corrected chi connectivity index (χ1v) is 8.54. The fourth-order valence-electron chi connectivity index (χ4n) is 2.78. The van der Waals surface area contributed by atoms with Gasteiger partial charge in [-0.25, -0.2) is 0 Å². The second kappa shape index (κ2) is 11.7. The smallest absolute Gasteiger partial charge is 0.191 e. The summed E-state index contributed by atoms with van der Waals surface area (Å²) in [5, 5.41) is 6.85. The van der Waals surface area contributed by atoms with Crippen LogP contribution in [0, 0.1) is 5.92 Å². The SMILES string of the molecule is CCN1CCC(CNC(=NC)NCCN(C)CCCOC)C1. The van der Waals surface area contributed by atoms with Gasteiger partial charge < -0.3 is 25.2 Å². The normalized spacial score (nSPS) is 19.9. The van der Waals surface area contributed by atoms with Crippen LogP contribution in [0.3, 0.4) is 0 Å². The van der Waals surface area contributed by atoms with E-state index in [2.05, 4.69) is 39.4 Å². The third-order valence-electron chi connectivity index (χ3n) is 4.27. The van der Waals surface area contributed by atoms with Crippen molar-refractivity contribution in [3.63, 3.8) is 0 Å². The van der Waals surface area contributed by atoms with Crippen LogP contribution in [-0.2, 0) is 4.74 Å². The minimum absolute atomic E-state index is 0.746. The van der Waals surface area contributed by atoms with Crippen LogP contribution < -0.4 is 10.6 Å². The summed E-state index contributed by atoms with van der Waals surface area (Å²) in [5.41, 5.74) is 0. The van der Waals surface area contributed by atoms with Crippen LogP contribution in [0.1, 0.15) is 19.8 Å². The fourth-order valence-corrected chi connectivity index (χ4v) is 2.78. The summed E-state index contributed by atoms with van der Waals surface area (Å²) in [7, 11) is 5.73. The van der Waals surface area contributed by atoms with Crippen LogP contribution >= 0.6 is 0 Å². The Bertz CT molecular complexity index is 311. The maximum absolute atomic E-state index is 5.07. The minimum Gasteiger partial charge on any atom is -0.385 e. The highest BCUT2D eigenvalue weighted by atomic mass is 16.5. The predicted molar refractivity (Wildman–Crippen MR) is 93.6 cm³/mol. The molecule has 6 nitrogen and oxygen atoms in total. The predicted octanol–water partition coefficient (Wildman–Crippen LogP) is 0.462. The third kappa shape index (κ3) is 7.96. The zero-order valence-corrected chi connectivity index (χ0v) is 14.9. The van der Waals surface area contributed by atoms with Crippen molar-refractivity contribution in [2.24, 2.45) is 10.9 Å². The number of guanidine groups is 1. The summed E-state index contributed by atoms with van der Waals surface area (Å²) in [6.45, 7) is 10.7. The summed E-state index contributed by atoms with van der Waals surface area (Å²) in [6.07, 6.45) is 2.37. The monoisotopic (exact) mass is 313 g/mol. The largest absolute Gasteiger partial charge is 0.385 e. The number of likely N-dealkylation sites (tertiary alicyclic amines) is 1. The first kappa shape index (κ1) is 19.2. The van der Waals surface area contributed by atoms with Gasteiger partial charge in [-0.05, 0) is 38.9 Å². The molecule has 0 bridgehead atoms. The molecule has 0 spiro atoms. The molecule has 1 aliphatic heterocycles. The zero-order chi connectivity index (χ0) is 16.2. The molecule has 1 unspecified atom stereocenters. The number of hydrogen-bond acceptors (Lipinski definition) is 4. The summed E-state index contributed by atoms with van der Waals surface area (Å²) in [4.78, 5) is 9.13. The fraction of sp³-hybridized carbons (Fsp3) is 0.938. The molecule has 130 valence electrons. The van der Waals surface area contributed by atoms with Crippen molar-refractivity contribution in [1.82, 2.24) is 20.4 Å². The van der Waals surface area contributed by atoms with Crippen molar-refractivity contribution in [3.05, 3.63) is 0 Å². The molecule has 1 heterocycles. The molecule has 6 heteroatoms. The van der Waals surface area contributed by atoms with Crippen molar-refractivity contribution in [2.45, 2.75) is 19.8 Å². The van der Waals surface area contributed by atoms with Gasteiger partial charge in [0, 0.05) is 53.5 Å². The number of ether oxygens (including phenoxy) is 1. The molecule has 0 saturated carbocycles. The highest BCUT2D eigenvalue weighted by Gasteiger charge is 2.20. The number of rotatable bonds is 10. The lowest BCUT2D eigenvalue weighted by molar-refractivity contribution is 0.180. The molecule has 22 heavy (non-hydrogen) atoms. The summed E-state index contributed by atoms with van der Waals surface area (Å²) in [5.74, 6) is 1.66. The van der Waals surface area contributed by atoms with Gasteiger partial charge in [-0.15, -0.1) is 0 Å². The standard InChI is InChI=1S/C16H35N5O/c1-5-21-10-7-15(14-21)13-19-16(17-2)18-8-11-20(3)9-6-12-22-4/h15H,5-14H2,1-4H3,(H2,17,18,19). The van der Waals surface area contributed by atoms with Gasteiger partial charge in [0.05, 0.1) is 0 Å². The molecule has 0 aromatic rings. The Hall–Kier alpha value is -0.850. The van der Waals surface area contributed by atoms with Crippen molar-refractivity contribution in [1.29, 1.82) is 0 Å². The Morgan fingerprint density at radius 2 is 2.18 bits per heavy atom. The zero-order valence-electron chi connectivity index (χ0n) is 14.9. The van der Waals surface area contributed by atoms with Gasteiger partial charge in [-0.2, -0.15) is 0 Å². The van der Waals surface area contributed by atoms with Crippen LogP contribution in [0.15, 0.2) is 4.99 Å². The number of nitrogens with zero attached hydrogens (tertiary/aromatic N) is 3. The van der Waals surface area contributed by atoms with Crippen LogP contribution in [0.2, 0.25) is 0 Å². The van der Waals surface area contributed by atoms with Gasteiger partial charge in [0.15, 0.2) is 5.96 Å². The number of hydrogen-bond donors (Lipinski definition) is 2. The maximum atomic E-state index is 5.07. The van der Waals surface area contributed by atoms with Gasteiger partial charge in [0.25, 0.3) is 0 Å². The first-order chi connectivity index (χ1) is 10.7. The molecule has 1 fully saturated rings. The average molecular weight is 313 g/mol. The van der Waals surface area contributed by atoms with Crippen molar-refractivity contribution in [3.8, 4) is 0 Å². The molecule has 1 rings (SSSR count). The molecular formula is C16H35N5O. The van der Waals surface area contributed by atoms with E-state index in [1.54, 1.807) is 7.11 Å². The molecule has 0 amide bonds. The van der Waals surface area contributed by atoms with Gasteiger partial charge in [0.2, 0.25) is 0 Å². The molecule has 0 aliphatic carbocycles. The third-order valence-corrected chi connectivity index (χ3v) is 4.27. The van der Waals surface area contributed by atoms with Crippen LogP contribution in [0.4, 0.5) is 0 Å². The Kier molecular flexibility index (Phi) is 10.2. The Morgan fingerprint density at radius 3 is 2.82 bits per heavy atom. The number of methoxy groups -OCH3 is 1. The van der Waals surface area contributed by atoms with E-state index in [9.17, 15) is 0 Å². The molecule has 0 aromatic carbocycles. The minimum atomic E-state index is 0.746. The second-order valence-electron chi connectivity index (χ2n) is 6.08. The lowest BCUT2D eigenvalue weighted by Gasteiger charge is -2.19. The number of nitrogens with one attached hydrogen (secondary N) is 2. The number of aliphatic imine (C=N–C) groups is 1. The molecule has 1 saturated heterocycles. The van der Waals surface area contributed by atoms with Crippen LogP contribution in [-0.4, -0.2) is 89.4 Å². The first-order valence-electron chi connectivity index (χ1n) is 8.54. The molecule has 2 N–H and O–H groups in total. The highest BCUT2D eigenvalue weighted by Crippen LogP contribution is 2.14. The molecule has 0 aromatic heterocycles. The molecular weight excluding hydrogens is 278 g/mol.